The lowest BCUT2D eigenvalue weighted by Gasteiger charge is -1.99. The van der Waals surface area contributed by atoms with E-state index >= 15 is 0 Å². The van der Waals surface area contributed by atoms with Gasteiger partial charge in [0.25, 0.3) is 0 Å². The van der Waals surface area contributed by atoms with Crippen LogP contribution in [0.3, 0.4) is 0 Å². The number of aliphatic imine (C=N–C) groups is 1. The van der Waals surface area contributed by atoms with Gasteiger partial charge in [0.1, 0.15) is 0 Å². The van der Waals surface area contributed by atoms with E-state index in [4.69, 9.17) is 10.6 Å². The molecule has 62 valence electrons. The highest BCUT2D eigenvalue weighted by Gasteiger charge is 2.24. The minimum Gasteiger partial charge on any atom is -0.342 e. The van der Waals surface area contributed by atoms with Crippen molar-refractivity contribution >= 4 is 12.6 Å². The summed E-state index contributed by atoms with van der Waals surface area (Å²) in [6, 6.07) is 0. The maximum atomic E-state index is 5.23. The quantitative estimate of drug-likeness (QED) is 0.369. The molecule has 11 heavy (non-hydrogen) atoms. The molecule has 0 spiro atoms. The Morgan fingerprint density at radius 2 is 2.36 bits per heavy atom. The fraction of sp³-hybridized carbons (Fsp3) is 0.714. The van der Waals surface area contributed by atoms with Crippen molar-refractivity contribution in [2.45, 2.75) is 19.3 Å². The predicted molar refractivity (Wildman–Crippen MR) is 44.5 cm³/mol. The first-order valence-corrected chi connectivity index (χ1v) is 3.73. The van der Waals surface area contributed by atoms with Gasteiger partial charge in [-0.25, -0.2) is 4.99 Å². The van der Waals surface area contributed by atoms with E-state index in [9.17, 15) is 0 Å². The van der Waals surface area contributed by atoms with Crippen molar-refractivity contribution in [3.8, 4) is 0 Å². The number of nitrogens with zero attached hydrogens (tertiary/aromatic N) is 2. The van der Waals surface area contributed by atoms with E-state index in [-0.39, 0.29) is 6.67 Å². The Balaban J connectivity index is 2.30. The van der Waals surface area contributed by atoms with Gasteiger partial charge in [0.05, 0.1) is 6.67 Å². The van der Waals surface area contributed by atoms with Gasteiger partial charge in [-0.2, -0.15) is 0 Å². The molecule has 0 aromatic rings. The second-order valence-corrected chi connectivity index (χ2v) is 2.60. The van der Waals surface area contributed by atoms with Crippen LogP contribution in [-0.2, 0) is 4.84 Å². The van der Waals surface area contributed by atoms with Gasteiger partial charge in [0.2, 0.25) is 5.90 Å². The highest BCUT2D eigenvalue weighted by Crippen LogP contribution is 2.32. The van der Waals surface area contributed by atoms with Gasteiger partial charge < -0.3 is 10.6 Å². The Morgan fingerprint density at radius 3 is 2.82 bits per heavy atom. The molecule has 1 rings (SSSR count). The molecule has 0 amide bonds. The third-order valence-corrected chi connectivity index (χ3v) is 1.60. The van der Waals surface area contributed by atoms with E-state index in [1.807, 2.05) is 0 Å². The van der Waals surface area contributed by atoms with E-state index in [1.54, 1.807) is 0 Å². The zero-order valence-corrected chi connectivity index (χ0v) is 6.49. The molecule has 4 heteroatoms. The van der Waals surface area contributed by atoms with Crippen molar-refractivity contribution in [2.75, 3.05) is 6.67 Å². The van der Waals surface area contributed by atoms with E-state index in [2.05, 4.69) is 16.9 Å². The first kappa shape index (κ1) is 8.20. The van der Waals surface area contributed by atoms with Crippen LogP contribution in [-0.4, -0.2) is 19.3 Å². The van der Waals surface area contributed by atoms with Crippen molar-refractivity contribution in [1.82, 2.24) is 0 Å². The molecule has 0 heterocycles. The van der Waals surface area contributed by atoms with Gasteiger partial charge in [-0.05, 0) is 18.8 Å². The average Bonchev–Trinajstić information content (AvgIpc) is 2.73. The van der Waals surface area contributed by atoms with E-state index in [0.29, 0.717) is 5.90 Å². The predicted octanol–water partition coefficient (Wildman–Crippen LogP) is 0.733. The molecule has 0 atom stereocenters. The second kappa shape index (κ2) is 4.08. The molecule has 0 unspecified atom stereocenters. The number of nitrogens with two attached hydrogens (primary N) is 1. The number of rotatable bonds is 4. The molecular weight excluding hydrogens is 142 g/mol. The van der Waals surface area contributed by atoms with E-state index in [0.717, 1.165) is 12.3 Å². The van der Waals surface area contributed by atoms with Crippen molar-refractivity contribution in [1.29, 1.82) is 0 Å². The van der Waals surface area contributed by atoms with Crippen LogP contribution in [0, 0.1) is 5.92 Å². The van der Waals surface area contributed by atoms with Crippen molar-refractivity contribution in [2.24, 2.45) is 21.8 Å². The van der Waals surface area contributed by atoms with Gasteiger partial charge >= 0.3 is 0 Å². The largest absolute Gasteiger partial charge is 0.342 e. The van der Waals surface area contributed by atoms with Gasteiger partial charge in [-0.3, -0.25) is 0 Å². The van der Waals surface area contributed by atoms with Crippen LogP contribution >= 0.6 is 0 Å². The highest BCUT2D eigenvalue weighted by atomic mass is 16.6. The normalized spacial score (nSPS) is 18.1. The Kier molecular flexibility index (Phi) is 3.04. The van der Waals surface area contributed by atoms with Crippen molar-refractivity contribution in [3.05, 3.63) is 0 Å². The summed E-state index contributed by atoms with van der Waals surface area (Å²) in [6.45, 7) is 3.48. The molecule has 0 bridgehead atoms. The monoisotopic (exact) mass is 155 g/mol. The molecule has 0 aromatic carbocycles. The number of hydrogen-bond acceptors (Lipinski definition) is 4. The average molecular weight is 155 g/mol. The summed E-state index contributed by atoms with van der Waals surface area (Å²) in [5, 5.41) is 3.30. The maximum Gasteiger partial charge on any atom is 0.221 e. The third-order valence-electron chi connectivity index (χ3n) is 1.60. The van der Waals surface area contributed by atoms with Crippen LogP contribution < -0.4 is 5.73 Å². The van der Waals surface area contributed by atoms with Crippen molar-refractivity contribution in [3.63, 3.8) is 0 Å². The van der Waals surface area contributed by atoms with Crippen LogP contribution in [0.25, 0.3) is 0 Å². The lowest BCUT2D eigenvalue weighted by atomic mass is 10.3. The van der Waals surface area contributed by atoms with Crippen LogP contribution in [0.1, 0.15) is 19.3 Å². The topological polar surface area (TPSA) is 60.0 Å². The minimum absolute atomic E-state index is 0.261. The fourth-order valence-corrected chi connectivity index (χ4v) is 0.876. The van der Waals surface area contributed by atoms with Crippen LogP contribution in [0.15, 0.2) is 10.1 Å². The molecule has 0 aromatic heterocycles. The van der Waals surface area contributed by atoms with Crippen LogP contribution in [0.4, 0.5) is 0 Å². The first-order valence-electron chi connectivity index (χ1n) is 3.73. The summed E-state index contributed by atoms with van der Waals surface area (Å²) in [6.07, 6.45) is 3.39. The SMILES string of the molecule is C=NOC(CC1CC1)=NCN. The summed E-state index contributed by atoms with van der Waals surface area (Å²) in [5.74, 6) is 1.35. The smallest absolute Gasteiger partial charge is 0.221 e. The number of oxime groups is 1. The van der Waals surface area contributed by atoms with Crippen molar-refractivity contribution < 1.29 is 4.84 Å². The summed E-state index contributed by atoms with van der Waals surface area (Å²) >= 11 is 0. The standard InChI is InChI=1S/C7H13N3O/c1-9-11-7(10-5-8)4-6-2-3-6/h6H,1-5,8H2. The molecule has 2 N–H and O–H groups in total. The van der Waals surface area contributed by atoms with Crippen LogP contribution in [0.5, 0.6) is 0 Å². The lowest BCUT2D eigenvalue weighted by Crippen LogP contribution is -2.06. The molecule has 0 saturated heterocycles. The molecule has 1 aliphatic rings. The van der Waals surface area contributed by atoms with Gasteiger partial charge in [-0.15, -0.1) is 0 Å². The summed E-state index contributed by atoms with van der Waals surface area (Å²) in [4.78, 5) is 8.75. The highest BCUT2D eigenvalue weighted by molar-refractivity contribution is 5.76. The molecule has 1 saturated carbocycles. The third kappa shape index (κ3) is 3.13. The number of hydrogen-bond donors (Lipinski definition) is 1. The summed E-state index contributed by atoms with van der Waals surface area (Å²) in [5.41, 5.74) is 5.23. The summed E-state index contributed by atoms with van der Waals surface area (Å²) in [7, 11) is 0. The Bertz CT molecular complexity index is 163. The summed E-state index contributed by atoms with van der Waals surface area (Å²) < 4.78 is 0. The Hall–Kier alpha value is -0.900. The van der Waals surface area contributed by atoms with Gasteiger partial charge in [-0.1, -0.05) is 5.16 Å². The second-order valence-electron chi connectivity index (χ2n) is 2.60. The first-order chi connectivity index (χ1) is 5.36. The van der Waals surface area contributed by atoms with Gasteiger partial charge in [0.15, 0.2) is 0 Å². The zero-order valence-electron chi connectivity index (χ0n) is 6.49. The Labute approximate surface area is 66.1 Å². The lowest BCUT2D eigenvalue weighted by molar-refractivity contribution is 0.317. The van der Waals surface area contributed by atoms with Gasteiger partial charge in [0, 0.05) is 13.1 Å². The zero-order chi connectivity index (χ0) is 8.10. The maximum absolute atomic E-state index is 5.23. The fourth-order valence-electron chi connectivity index (χ4n) is 0.876. The Morgan fingerprint density at radius 1 is 1.64 bits per heavy atom. The molecular formula is C7H13N3O. The van der Waals surface area contributed by atoms with E-state index < -0.39 is 0 Å². The molecule has 4 nitrogen and oxygen atoms in total. The molecule has 0 aliphatic heterocycles. The van der Waals surface area contributed by atoms with E-state index in [1.165, 1.54) is 12.8 Å². The molecule has 1 fully saturated rings. The minimum atomic E-state index is 0.261. The van der Waals surface area contributed by atoms with Crippen LogP contribution in [0.2, 0.25) is 0 Å². The molecule has 1 aliphatic carbocycles. The molecule has 0 radical (unpaired) electrons.